The standard InChI is InChI=1S/C17H15FN4O2/c18-12-4-1-3-11-14(12)17(5-6-17)10-22(15(11)24)9-13(23)21-16-19-7-2-8-20-16/h1-4,7-8H,5-6,9-10H2,(H,19,20,21,23). The van der Waals surface area contributed by atoms with E-state index >= 15 is 0 Å². The molecule has 1 spiro atoms. The van der Waals surface area contributed by atoms with Crippen LogP contribution in [0.5, 0.6) is 0 Å². The molecule has 122 valence electrons. The second-order valence-electron chi connectivity index (χ2n) is 6.22. The number of carbonyl (C=O) groups is 2. The third-order valence-electron chi connectivity index (χ3n) is 4.56. The SMILES string of the molecule is O=C(CN1CC2(CC2)c2c(F)cccc2C1=O)Nc1ncccn1. The summed E-state index contributed by atoms with van der Waals surface area (Å²) in [6, 6.07) is 6.20. The molecular formula is C17H15FN4O2. The van der Waals surface area contributed by atoms with Gasteiger partial charge < -0.3 is 4.90 Å². The summed E-state index contributed by atoms with van der Waals surface area (Å²) in [5.41, 5.74) is 0.540. The number of hydrogen-bond donors (Lipinski definition) is 1. The van der Waals surface area contributed by atoms with E-state index in [1.54, 1.807) is 12.1 Å². The summed E-state index contributed by atoms with van der Waals surface area (Å²) in [5.74, 6) is -0.823. The smallest absolute Gasteiger partial charge is 0.254 e. The first-order valence-corrected chi connectivity index (χ1v) is 7.74. The van der Waals surface area contributed by atoms with E-state index in [-0.39, 0.29) is 35.5 Å². The second-order valence-corrected chi connectivity index (χ2v) is 6.22. The van der Waals surface area contributed by atoms with Crippen LogP contribution in [0, 0.1) is 5.82 Å². The minimum atomic E-state index is -0.370. The fourth-order valence-electron chi connectivity index (χ4n) is 3.32. The Bertz CT molecular complexity index is 821. The quantitative estimate of drug-likeness (QED) is 0.932. The zero-order chi connectivity index (χ0) is 16.7. The molecule has 1 fully saturated rings. The van der Waals surface area contributed by atoms with E-state index in [0.717, 1.165) is 12.8 Å². The van der Waals surface area contributed by atoms with Gasteiger partial charge in [-0.3, -0.25) is 14.9 Å². The van der Waals surface area contributed by atoms with Crippen LogP contribution < -0.4 is 5.32 Å². The maximum atomic E-state index is 14.2. The van der Waals surface area contributed by atoms with E-state index < -0.39 is 0 Å². The first-order chi connectivity index (χ1) is 11.6. The summed E-state index contributed by atoms with van der Waals surface area (Å²) in [5, 5.41) is 2.56. The molecule has 4 rings (SSSR count). The zero-order valence-electron chi connectivity index (χ0n) is 12.8. The lowest BCUT2D eigenvalue weighted by atomic mass is 9.86. The average Bonchev–Trinajstić information content (AvgIpc) is 3.33. The topological polar surface area (TPSA) is 75.2 Å². The minimum Gasteiger partial charge on any atom is -0.328 e. The van der Waals surface area contributed by atoms with Gasteiger partial charge in [-0.15, -0.1) is 0 Å². The zero-order valence-corrected chi connectivity index (χ0v) is 12.8. The van der Waals surface area contributed by atoms with Gasteiger partial charge in [-0.25, -0.2) is 14.4 Å². The van der Waals surface area contributed by atoms with Crippen LogP contribution in [-0.2, 0) is 10.2 Å². The summed E-state index contributed by atoms with van der Waals surface area (Å²) < 4.78 is 14.2. The van der Waals surface area contributed by atoms with E-state index in [0.29, 0.717) is 17.7 Å². The Kier molecular flexibility index (Phi) is 3.30. The maximum Gasteiger partial charge on any atom is 0.254 e. The van der Waals surface area contributed by atoms with Crippen molar-refractivity contribution in [1.29, 1.82) is 0 Å². The minimum absolute atomic E-state index is 0.102. The Morgan fingerprint density at radius 3 is 2.71 bits per heavy atom. The summed E-state index contributed by atoms with van der Waals surface area (Å²) >= 11 is 0. The predicted molar refractivity (Wildman–Crippen MR) is 83.9 cm³/mol. The molecule has 6 nitrogen and oxygen atoms in total. The molecule has 0 atom stereocenters. The number of halogens is 1. The normalized spacial score (nSPS) is 17.5. The first-order valence-electron chi connectivity index (χ1n) is 7.74. The van der Waals surface area contributed by atoms with E-state index in [1.165, 1.54) is 29.4 Å². The van der Waals surface area contributed by atoms with E-state index in [9.17, 15) is 14.0 Å². The summed E-state index contributed by atoms with van der Waals surface area (Å²) in [6.07, 6.45) is 4.70. The largest absolute Gasteiger partial charge is 0.328 e. The van der Waals surface area contributed by atoms with Gasteiger partial charge >= 0.3 is 0 Å². The van der Waals surface area contributed by atoms with Gasteiger partial charge in [0, 0.05) is 35.5 Å². The van der Waals surface area contributed by atoms with Crippen LogP contribution in [-0.4, -0.2) is 39.8 Å². The van der Waals surface area contributed by atoms with Crippen LogP contribution >= 0.6 is 0 Å². The molecule has 1 aromatic carbocycles. The molecule has 0 saturated heterocycles. The molecule has 7 heteroatoms. The van der Waals surface area contributed by atoms with Crippen molar-refractivity contribution in [2.75, 3.05) is 18.4 Å². The van der Waals surface area contributed by atoms with Crippen molar-refractivity contribution in [3.63, 3.8) is 0 Å². The second kappa shape index (κ2) is 5.36. The van der Waals surface area contributed by atoms with Gasteiger partial charge in [-0.05, 0) is 31.0 Å². The highest BCUT2D eigenvalue weighted by Gasteiger charge is 2.53. The highest BCUT2D eigenvalue weighted by Crippen LogP contribution is 2.53. The van der Waals surface area contributed by atoms with Crippen LogP contribution in [0.4, 0.5) is 10.3 Å². The van der Waals surface area contributed by atoms with Crippen molar-refractivity contribution in [3.8, 4) is 0 Å². The number of hydrogen-bond acceptors (Lipinski definition) is 4. The van der Waals surface area contributed by atoms with Crippen molar-refractivity contribution in [3.05, 3.63) is 53.6 Å². The number of benzene rings is 1. The number of nitrogens with one attached hydrogen (secondary N) is 1. The fourth-order valence-corrected chi connectivity index (χ4v) is 3.32. The summed E-state index contributed by atoms with van der Waals surface area (Å²) in [4.78, 5) is 34.1. The van der Waals surface area contributed by atoms with Gasteiger partial charge in [0.25, 0.3) is 5.91 Å². The maximum absolute atomic E-state index is 14.2. The lowest BCUT2D eigenvalue weighted by molar-refractivity contribution is -0.117. The molecule has 0 unspecified atom stereocenters. The van der Waals surface area contributed by atoms with Crippen LogP contribution in [0.3, 0.4) is 0 Å². The van der Waals surface area contributed by atoms with Gasteiger partial charge in [-0.1, -0.05) is 6.07 Å². The Balaban J connectivity index is 1.55. The number of aromatic nitrogens is 2. The summed E-state index contributed by atoms with van der Waals surface area (Å²) in [6.45, 7) is 0.262. The van der Waals surface area contributed by atoms with Gasteiger partial charge in [0.05, 0.1) is 0 Å². The van der Waals surface area contributed by atoms with Crippen molar-refractivity contribution in [2.24, 2.45) is 0 Å². The molecule has 0 radical (unpaired) electrons. The molecule has 2 amide bonds. The van der Waals surface area contributed by atoms with Crippen molar-refractivity contribution in [2.45, 2.75) is 18.3 Å². The Hall–Kier alpha value is -2.83. The molecule has 2 aliphatic rings. The number of fused-ring (bicyclic) bond motifs is 2. The van der Waals surface area contributed by atoms with Crippen LogP contribution in [0.15, 0.2) is 36.7 Å². The number of carbonyl (C=O) groups excluding carboxylic acids is 2. The lowest BCUT2D eigenvalue weighted by Crippen LogP contribution is -2.47. The highest BCUT2D eigenvalue weighted by molar-refractivity contribution is 6.01. The molecule has 1 aromatic heterocycles. The molecule has 1 aliphatic heterocycles. The number of amides is 2. The van der Waals surface area contributed by atoms with Gasteiger partial charge in [0.2, 0.25) is 11.9 Å². The number of nitrogens with zero attached hydrogens (tertiary/aromatic N) is 3. The van der Waals surface area contributed by atoms with Crippen molar-refractivity contribution in [1.82, 2.24) is 14.9 Å². The van der Waals surface area contributed by atoms with E-state index in [4.69, 9.17) is 0 Å². The lowest BCUT2D eigenvalue weighted by Gasteiger charge is -2.34. The van der Waals surface area contributed by atoms with Crippen LogP contribution in [0.2, 0.25) is 0 Å². The Morgan fingerprint density at radius 2 is 2.00 bits per heavy atom. The molecule has 1 saturated carbocycles. The third-order valence-corrected chi connectivity index (χ3v) is 4.56. The van der Waals surface area contributed by atoms with Crippen LogP contribution in [0.25, 0.3) is 0 Å². The van der Waals surface area contributed by atoms with Crippen molar-refractivity contribution >= 4 is 17.8 Å². The first kappa shape index (κ1) is 14.7. The third kappa shape index (κ3) is 2.42. The molecule has 1 N–H and O–H groups in total. The van der Waals surface area contributed by atoms with E-state index in [1.807, 2.05) is 0 Å². The molecule has 2 aromatic rings. The molecule has 2 heterocycles. The average molecular weight is 326 g/mol. The monoisotopic (exact) mass is 326 g/mol. The molecular weight excluding hydrogens is 311 g/mol. The molecule has 1 aliphatic carbocycles. The number of rotatable bonds is 3. The van der Waals surface area contributed by atoms with Gasteiger partial charge in [0.15, 0.2) is 0 Å². The summed E-state index contributed by atoms with van der Waals surface area (Å²) in [7, 11) is 0. The van der Waals surface area contributed by atoms with Crippen LogP contribution in [0.1, 0.15) is 28.8 Å². The molecule has 0 bridgehead atoms. The number of anilines is 1. The van der Waals surface area contributed by atoms with E-state index in [2.05, 4.69) is 15.3 Å². The molecule has 24 heavy (non-hydrogen) atoms. The predicted octanol–water partition coefficient (Wildman–Crippen LogP) is 1.74. The van der Waals surface area contributed by atoms with Gasteiger partial charge in [0.1, 0.15) is 12.4 Å². The highest BCUT2D eigenvalue weighted by atomic mass is 19.1. The fraction of sp³-hybridized carbons (Fsp3) is 0.294. The van der Waals surface area contributed by atoms with Crippen molar-refractivity contribution < 1.29 is 14.0 Å². The Labute approximate surface area is 137 Å². The van der Waals surface area contributed by atoms with Gasteiger partial charge in [-0.2, -0.15) is 0 Å². The Morgan fingerprint density at radius 1 is 1.25 bits per heavy atom.